The number of hydrogen-bond donors (Lipinski definition) is 1. The van der Waals surface area contributed by atoms with Crippen LogP contribution in [0, 0.1) is 27.0 Å². The molecule has 0 radical (unpaired) electrons. The minimum atomic E-state index is -0.666. The van der Waals surface area contributed by atoms with E-state index in [9.17, 15) is 10.1 Å². The van der Waals surface area contributed by atoms with Gasteiger partial charge in [0.15, 0.2) is 0 Å². The second-order valence-corrected chi connectivity index (χ2v) is 2.71. The Balaban J connectivity index is 3.48. The molecule has 0 fully saturated rings. The number of non-ortho nitro benzene ring substituents is 1. The zero-order valence-corrected chi connectivity index (χ0v) is 7.45. The Bertz CT molecular complexity index is 452. The summed E-state index contributed by atoms with van der Waals surface area (Å²) in [4.78, 5) is 9.71. The highest BCUT2D eigenvalue weighted by Gasteiger charge is 2.14. The number of benzene rings is 1. The van der Waals surface area contributed by atoms with Crippen molar-refractivity contribution in [3.8, 4) is 6.07 Å². The summed E-state index contributed by atoms with van der Waals surface area (Å²) in [6, 6.07) is 3.76. The normalized spacial score (nSPS) is 9.14. The van der Waals surface area contributed by atoms with Crippen LogP contribution >= 0.6 is 11.6 Å². The summed E-state index contributed by atoms with van der Waals surface area (Å²) in [5.41, 5.74) is 6.29. The highest BCUT2D eigenvalue weighted by atomic mass is 35.5. The molecular formula is C7H3ClN4O2. The molecule has 14 heavy (non-hydrogen) atoms. The summed E-state index contributed by atoms with van der Waals surface area (Å²) in [6.45, 7) is 0. The lowest BCUT2D eigenvalue weighted by molar-refractivity contribution is -0.384. The fourth-order valence-corrected chi connectivity index (χ4v) is 1.14. The molecule has 0 aliphatic rings. The van der Waals surface area contributed by atoms with Crippen LogP contribution in [0.5, 0.6) is 0 Å². The number of nitrogens with one attached hydrogen (secondary N) is 1. The van der Waals surface area contributed by atoms with Gasteiger partial charge in [-0.2, -0.15) is 10.4 Å². The van der Waals surface area contributed by atoms with E-state index < -0.39 is 4.92 Å². The van der Waals surface area contributed by atoms with Gasteiger partial charge in [0.2, 0.25) is 0 Å². The van der Waals surface area contributed by atoms with Gasteiger partial charge in [0.1, 0.15) is 11.8 Å². The maximum absolute atomic E-state index is 10.4. The zero-order chi connectivity index (χ0) is 10.7. The van der Waals surface area contributed by atoms with Crippen LogP contribution < -0.4 is 0 Å². The Hall–Kier alpha value is -2.00. The highest BCUT2D eigenvalue weighted by molar-refractivity contribution is 6.33. The number of nitrogens with zero attached hydrogens (tertiary/aromatic N) is 3. The Morgan fingerprint density at radius 3 is 2.71 bits per heavy atom. The Kier molecular flexibility index (Phi) is 2.74. The van der Waals surface area contributed by atoms with Gasteiger partial charge in [0.05, 0.1) is 15.5 Å². The van der Waals surface area contributed by atoms with Gasteiger partial charge in [-0.1, -0.05) is 11.6 Å². The molecule has 1 aromatic rings. The van der Waals surface area contributed by atoms with Gasteiger partial charge in [-0.15, -0.1) is 0 Å². The molecule has 1 rings (SSSR count). The largest absolute Gasteiger partial charge is 0.272 e. The summed E-state index contributed by atoms with van der Waals surface area (Å²) in [5.74, 6) is 0. The lowest BCUT2D eigenvalue weighted by atomic mass is 10.2. The molecule has 0 aromatic heterocycles. The average molecular weight is 211 g/mol. The lowest BCUT2D eigenvalue weighted by Crippen LogP contribution is -1.89. The minimum absolute atomic E-state index is 0.0558. The molecule has 0 atom stereocenters. The predicted octanol–water partition coefficient (Wildman–Crippen LogP) is 2.78. The third kappa shape index (κ3) is 1.67. The van der Waals surface area contributed by atoms with Gasteiger partial charge in [0, 0.05) is 12.1 Å². The van der Waals surface area contributed by atoms with Crippen molar-refractivity contribution in [2.24, 2.45) is 5.11 Å². The molecule has 0 spiro atoms. The van der Waals surface area contributed by atoms with Gasteiger partial charge >= 0.3 is 0 Å². The van der Waals surface area contributed by atoms with E-state index in [0.717, 1.165) is 12.1 Å². The first-order valence-corrected chi connectivity index (χ1v) is 3.73. The number of hydrogen-bond acceptors (Lipinski definition) is 5. The van der Waals surface area contributed by atoms with Crippen molar-refractivity contribution >= 4 is 23.0 Å². The monoisotopic (exact) mass is 210 g/mol. The molecule has 0 aliphatic carbocycles. The molecule has 0 saturated carbocycles. The first-order valence-electron chi connectivity index (χ1n) is 3.35. The fraction of sp³-hybridized carbons (Fsp3) is 0. The van der Waals surface area contributed by atoms with Gasteiger partial charge in [0.25, 0.3) is 5.69 Å². The van der Waals surface area contributed by atoms with E-state index in [-0.39, 0.29) is 22.0 Å². The molecular weight excluding hydrogens is 208 g/mol. The van der Waals surface area contributed by atoms with Crippen LogP contribution in [0.2, 0.25) is 5.02 Å². The number of halogens is 1. The van der Waals surface area contributed by atoms with Crippen LogP contribution in [0.4, 0.5) is 11.4 Å². The molecule has 0 saturated heterocycles. The van der Waals surface area contributed by atoms with Gasteiger partial charge in [-0.25, -0.2) is 5.53 Å². The Labute approximate surface area is 83.4 Å². The van der Waals surface area contributed by atoms with Crippen molar-refractivity contribution in [2.75, 3.05) is 0 Å². The van der Waals surface area contributed by atoms with Crippen molar-refractivity contribution in [3.63, 3.8) is 0 Å². The van der Waals surface area contributed by atoms with Crippen LogP contribution in [0.1, 0.15) is 5.56 Å². The highest BCUT2D eigenvalue weighted by Crippen LogP contribution is 2.32. The van der Waals surface area contributed by atoms with Gasteiger partial charge in [-0.05, 0) is 0 Å². The molecule has 0 aliphatic heterocycles. The zero-order valence-electron chi connectivity index (χ0n) is 6.69. The summed E-state index contributed by atoms with van der Waals surface area (Å²) in [6.07, 6.45) is 0. The predicted molar refractivity (Wildman–Crippen MR) is 47.6 cm³/mol. The van der Waals surface area contributed by atoms with Crippen molar-refractivity contribution in [3.05, 3.63) is 32.8 Å². The van der Waals surface area contributed by atoms with E-state index in [1.165, 1.54) is 0 Å². The molecule has 1 N–H and O–H groups in total. The van der Waals surface area contributed by atoms with E-state index in [4.69, 9.17) is 22.4 Å². The summed E-state index contributed by atoms with van der Waals surface area (Å²) >= 11 is 5.59. The first kappa shape index (κ1) is 10.1. The van der Waals surface area contributed by atoms with E-state index in [1.807, 2.05) is 0 Å². The van der Waals surface area contributed by atoms with E-state index in [2.05, 4.69) is 5.11 Å². The van der Waals surface area contributed by atoms with Crippen LogP contribution in [-0.2, 0) is 0 Å². The molecule has 0 amide bonds. The second kappa shape index (κ2) is 3.81. The molecule has 0 unspecified atom stereocenters. The number of nitro groups is 1. The third-order valence-corrected chi connectivity index (χ3v) is 1.78. The second-order valence-electron chi connectivity index (χ2n) is 2.30. The Morgan fingerprint density at radius 2 is 2.29 bits per heavy atom. The SMILES string of the molecule is N#Cc1cc([N+](=O)[O-])cc(Cl)c1N=N. The maximum Gasteiger partial charge on any atom is 0.272 e. The number of rotatable bonds is 2. The topological polar surface area (TPSA) is 103 Å². The Morgan fingerprint density at radius 1 is 1.64 bits per heavy atom. The maximum atomic E-state index is 10.4. The summed E-state index contributed by atoms with van der Waals surface area (Å²) in [5, 5.41) is 21.9. The van der Waals surface area contributed by atoms with E-state index in [1.54, 1.807) is 6.07 Å². The van der Waals surface area contributed by atoms with Crippen LogP contribution in [-0.4, -0.2) is 4.92 Å². The molecule has 1 aromatic carbocycles. The summed E-state index contributed by atoms with van der Waals surface area (Å²) in [7, 11) is 0. The van der Waals surface area contributed by atoms with E-state index >= 15 is 0 Å². The van der Waals surface area contributed by atoms with Crippen molar-refractivity contribution in [2.45, 2.75) is 0 Å². The van der Waals surface area contributed by atoms with Gasteiger partial charge in [-0.3, -0.25) is 10.1 Å². The summed E-state index contributed by atoms with van der Waals surface area (Å²) < 4.78 is 0. The van der Waals surface area contributed by atoms with Crippen LogP contribution in [0.3, 0.4) is 0 Å². The average Bonchev–Trinajstić information content (AvgIpc) is 2.16. The molecule has 6 nitrogen and oxygen atoms in total. The quantitative estimate of drug-likeness (QED) is 0.461. The standard InChI is InChI=1S/C7H3ClN4O2/c8-6-2-5(12(13)14)1-4(3-9)7(6)11-10/h1-2,10H. The fourth-order valence-electron chi connectivity index (χ4n) is 0.889. The molecule has 0 heterocycles. The first-order chi connectivity index (χ1) is 6.60. The van der Waals surface area contributed by atoms with Gasteiger partial charge < -0.3 is 0 Å². The van der Waals surface area contributed by atoms with Crippen LogP contribution in [0.15, 0.2) is 17.2 Å². The smallest absolute Gasteiger partial charge is 0.258 e. The van der Waals surface area contributed by atoms with Crippen molar-refractivity contribution in [1.82, 2.24) is 0 Å². The molecule has 7 heteroatoms. The minimum Gasteiger partial charge on any atom is -0.258 e. The number of nitro benzene ring substituents is 1. The molecule has 70 valence electrons. The third-order valence-electron chi connectivity index (χ3n) is 1.49. The number of nitriles is 1. The molecule has 0 bridgehead atoms. The van der Waals surface area contributed by atoms with Crippen molar-refractivity contribution < 1.29 is 4.92 Å². The van der Waals surface area contributed by atoms with E-state index in [0.29, 0.717) is 0 Å². The van der Waals surface area contributed by atoms with Crippen molar-refractivity contribution in [1.29, 1.82) is 10.8 Å². The lowest BCUT2D eigenvalue weighted by Gasteiger charge is -1.98. The van der Waals surface area contributed by atoms with Crippen LogP contribution in [0.25, 0.3) is 0 Å².